The van der Waals surface area contributed by atoms with E-state index in [1.165, 1.54) is 24.3 Å². The van der Waals surface area contributed by atoms with Gasteiger partial charge in [0, 0.05) is 6.54 Å². The number of carbonyl (C=O) groups excluding carboxylic acids is 3. The molecule has 2 aromatic carbocycles. The summed E-state index contributed by atoms with van der Waals surface area (Å²) >= 11 is 0. The number of hydrogen-bond donors (Lipinski definition) is 2. The Bertz CT molecular complexity index is 1040. The molecule has 8 nitrogen and oxygen atoms in total. The zero-order valence-corrected chi connectivity index (χ0v) is 19.7. The second-order valence-electron chi connectivity index (χ2n) is 7.83. The minimum absolute atomic E-state index is 0.265. The summed E-state index contributed by atoms with van der Waals surface area (Å²) in [4.78, 5) is 39.0. The molecule has 1 fully saturated rings. The van der Waals surface area contributed by atoms with Crippen LogP contribution in [-0.4, -0.2) is 49.0 Å². The summed E-state index contributed by atoms with van der Waals surface area (Å²) in [5.41, 5.74) is 0.102. The first kappa shape index (κ1) is 25.0. The SMILES string of the molecule is CCOc1ccc(CCNC(=O)CN2C(=O)N[C@@](CC)(c3ccc(F)cc3)C2=O)cc1OCC. The Hall–Kier alpha value is -3.62. The number of halogens is 1. The minimum atomic E-state index is -1.32. The molecule has 1 saturated heterocycles. The number of hydrogen-bond acceptors (Lipinski definition) is 5. The monoisotopic (exact) mass is 471 g/mol. The molecule has 2 N–H and O–H groups in total. The number of imide groups is 1. The molecule has 0 aromatic heterocycles. The standard InChI is InChI=1S/C25H30FN3O5/c1-4-25(18-8-10-19(26)11-9-18)23(31)29(24(32)28-25)16-22(30)27-14-13-17-7-12-20(33-5-2)21(15-17)34-6-3/h7-12,15H,4-6,13-14,16H2,1-3H3,(H,27,30)(H,28,32)/t25-/m0/s1. The lowest BCUT2D eigenvalue weighted by Crippen LogP contribution is -2.45. The van der Waals surface area contributed by atoms with Crippen molar-refractivity contribution in [3.05, 3.63) is 59.4 Å². The summed E-state index contributed by atoms with van der Waals surface area (Å²) in [5.74, 6) is -0.121. The molecule has 9 heteroatoms. The molecular weight excluding hydrogens is 441 g/mol. The zero-order valence-electron chi connectivity index (χ0n) is 19.7. The largest absolute Gasteiger partial charge is 0.490 e. The highest BCUT2D eigenvalue weighted by Gasteiger charge is 2.51. The molecule has 0 aliphatic carbocycles. The molecule has 0 spiro atoms. The number of urea groups is 1. The summed E-state index contributed by atoms with van der Waals surface area (Å²) < 4.78 is 24.5. The number of amides is 4. The van der Waals surface area contributed by atoms with Gasteiger partial charge in [0.15, 0.2) is 11.5 Å². The van der Waals surface area contributed by atoms with Crippen LogP contribution < -0.4 is 20.1 Å². The van der Waals surface area contributed by atoms with Gasteiger partial charge in [0.05, 0.1) is 13.2 Å². The predicted molar refractivity (Wildman–Crippen MR) is 124 cm³/mol. The smallest absolute Gasteiger partial charge is 0.325 e. The maximum Gasteiger partial charge on any atom is 0.325 e. The molecular formula is C25H30FN3O5. The highest BCUT2D eigenvalue weighted by molar-refractivity contribution is 6.09. The lowest BCUT2D eigenvalue weighted by atomic mass is 9.87. The maximum atomic E-state index is 13.3. The molecule has 1 atom stereocenters. The van der Waals surface area contributed by atoms with Crippen LogP contribution in [0, 0.1) is 5.82 Å². The van der Waals surface area contributed by atoms with E-state index in [9.17, 15) is 18.8 Å². The molecule has 1 aliphatic rings. The molecule has 0 radical (unpaired) electrons. The van der Waals surface area contributed by atoms with Crippen molar-refractivity contribution in [3.8, 4) is 11.5 Å². The fourth-order valence-electron chi connectivity index (χ4n) is 3.94. The molecule has 182 valence electrons. The molecule has 0 unspecified atom stereocenters. The number of rotatable bonds is 11. The summed E-state index contributed by atoms with van der Waals surface area (Å²) in [6, 6.07) is 10.4. The first-order chi connectivity index (χ1) is 16.3. The van der Waals surface area contributed by atoms with Crippen LogP contribution in [0.3, 0.4) is 0 Å². The van der Waals surface area contributed by atoms with Gasteiger partial charge in [-0.05, 0) is 62.1 Å². The van der Waals surface area contributed by atoms with Crippen LogP contribution >= 0.6 is 0 Å². The van der Waals surface area contributed by atoms with E-state index in [-0.39, 0.29) is 6.42 Å². The molecule has 4 amide bonds. The Labute approximate surface area is 198 Å². The van der Waals surface area contributed by atoms with Crippen molar-refractivity contribution >= 4 is 17.8 Å². The Kier molecular flexibility index (Phi) is 8.09. The fourth-order valence-corrected chi connectivity index (χ4v) is 3.94. The molecule has 1 heterocycles. The van der Waals surface area contributed by atoms with Crippen molar-refractivity contribution < 1.29 is 28.2 Å². The second-order valence-corrected chi connectivity index (χ2v) is 7.83. The Morgan fingerprint density at radius 2 is 1.71 bits per heavy atom. The summed E-state index contributed by atoms with van der Waals surface area (Å²) in [7, 11) is 0. The molecule has 2 aromatic rings. The van der Waals surface area contributed by atoms with Crippen molar-refractivity contribution in [1.82, 2.24) is 15.5 Å². The highest BCUT2D eigenvalue weighted by atomic mass is 19.1. The van der Waals surface area contributed by atoms with Crippen molar-refractivity contribution in [2.24, 2.45) is 0 Å². The van der Waals surface area contributed by atoms with Gasteiger partial charge in [-0.15, -0.1) is 0 Å². The molecule has 1 aliphatic heterocycles. The van der Waals surface area contributed by atoms with E-state index in [1.54, 1.807) is 6.92 Å². The van der Waals surface area contributed by atoms with Crippen molar-refractivity contribution in [2.75, 3.05) is 26.3 Å². The van der Waals surface area contributed by atoms with E-state index in [0.29, 0.717) is 43.2 Å². The van der Waals surface area contributed by atoms with E-state index in [2.05, 4.69) is 10.6 Å². The van der Waals surface area contributed by atoms with Gasteiger partial charge in [-0.1, -0.05) is 25.1 Å². The quantitative estimate of drug-likeness (QED) is 0.491. The Morgan fingerprint density at radius 1 is 1.03 bits per heavy atom. The van der Waals surface area contributed by atoms with Gasteiger partial charge in [0.1, 0.15) is 17.9 Å². The lowest BCUT2D eigenvalue weighted by Gasteiger charge is -2.25. The molecule has 3 rings (SSSR count). The van der Waals surface area contributed by atoms with Gasteiger partial charge in [-0.25, -0.2) is 9.18 Å². The maximum absolute atomic E-state index is 13.3. The normalized spacial score (nSPS) is 17.5. The van der Waals surface area contributed by atoms with Gasteiger partial charge >= 0.3 is 6.03 Å². The van der Waals surface area contributed by atoms with Crippen LogP contribution in [-0.2, 0) is 21.5 Å². The van der Waals surface area contributed by atoms with Gasteiger partial charge in [0.2, 0.25) is 5.91 Å². The lowest BCUT2D eigenvalue weighted by molar-refractivity contribution is -0.135. The summed E-state index contributed by atoms with van der Waals surface area (Å²) in [6.07, 6.45) is 0.800. The van der Waals surface area contributed by atoms with Crippen LogP contribution in [0.4, 0.5) is 9.18 Å². The van der Waals surface area contributed by atoms with Gasteiger partial charge in [0.25, 0.3) is 5.91 Å². The van der Waals surface area contributed by atoms with Crippen LogP contribution in [0.25, 0.3) is 0 Å². The number of benzene rings is 2. The number of nitrogens with zero attached hydrogens (tertiary/aromatic N) is 1. The molecule has 0 bridgehead atoms. The first-order valence-corrected chi connectivity index (χ1v) is 11.4. The van der Waals surface area contributed by atoms with Crippen LogP contribution in [0.2, 0.25) is 0 Å². The topological polar surface area (TPSA) is 97.0 Å². The zero-order chi connectivity index (χ0) is 24.7. The third kappa shape index (κ3) is 5.30. The van der Waals surface area contributed by atoms with E-state index >= 15 is 0 Å². The van der Waals surface area contributed by atoms with E-state index < -0.39 is 35.7 Å². The average Bonchev–Trinajstić information content (AvgIpc) is 3.06. The summed E-state index contributed by atoms with van der Waals surface area (Å²) in [6.45, 7) is 6.48. The fraction of sp³-hybridized carbons (Fsp3) is 0.400. The van der Waals surface area contributed by atoms with E-state index in [1.807, 2.05) is 32.0 Å². The molecule has 34 heavy (non-hydrogen) atoms. The van der Waals surface area contributed by atoms with Crippen LogP contribution in [0.1, 0.15) is 38.3 Å². The van der Waals surface area contributed by atoms with Crippen molar-refractivity contribution in [1.29, 1.82) is 0 Å². The minimum Gasteiger partial charge on any atom is -0.490 e. The van der Waals surface area contributed by atoms with Gasteiger partial charge in [-0.3, -0.25) is 14.5 Å². The third-order valence-electron chi connectivity index (χ3n) is 5.69. The van der Waals surface area contributed by atoms with Gasteiger partial charge in [-0.2, -0.15) is 0 Å². The highest BCUT2D eigenvalue weighted by Crippen LogP contribution is 2.32. The third-order valence-corrected chi connectivity index (χ3v) is 5.69. The number of carbonyl (C=O) groups is 3. The second kappa shape index (κ2) is 11.0. The summed E-state index contributed by atoms with van der Waals surface area (Å²) in [5, 5.41) is 5.43. The van der Waals surface area contributed by atoms with Crippen LogP contribution in [0.15, 0.2) is 42.5 Å². The number of nitrogens with one attached hydrogen (secondary N) is 2. The predicted octanol–water partition coefficient (Wildman–Crippen LogP) is 3.14. The first-order valence-electron chi connectivity index (χ1n) is 11.4. The van der Waals surface area contributed by atoms with Crippen molar-refractivity contribution in [2.45, 2.75) is 39.2 Å². The van der Waals surface area contributed by atoms with Crippen LogP contribution in [0.5, 0.6) is 11.5 Å². The van der Waals surface area contributed by atoms with E-state index in [4.69, 9.17) is 9.47 Å². The van der Waals surface area contributed by atoms with E-state index in [0.717, 1.165) is 10.5 Å². The van der Waals surface area contributed by atoms with Gasteiger partial charge < -0.3 is 20.1 Å². The Morgan fingerprint density at radius 3 is 2.35 bits per heavy atom. The van der Waals surface area contributed by atoms with Crippen molar-refractivity contribution in [3.63, 3.8) is 0 Å². The number of ether oxygens (including phenoxy) is 2. The Balaban J connectivity index is 1.60. The average molecular weight is 472 g/mol. The molecule has 0 saturated carbocycles.